The summed E-state index contributed by atoms with van der Waals surface area (Å²) in [4.78, 5) is 23.7. The van der Waals surface area contributed by atoms with Gasteiger partial charge in [-0.3, -0.25) is 9.59 Å². The van der Waals surface area contributed by atoms with Crippen molar-refractivity contribution in [1.82, 2.24) is 5.32 Å². The molecule has 0 aliphatic rings. The lowest BCUT2D eigenvalue weighted by Crippen LogP contribution is -2.45. The van der Waals surface area contributed by atoms with Crippen LogP contribution in [0.4, 0.5) is 4.39 Å². The Balaban J connectivity index is 2.12. The average molecular weight is 365 g/mol. The van der Waals surface area contributed by atoms with Crippen molar-refractivity contribution in [2.75, 3.05) is 0 Å². The predicted molar refractivity (Wildman–Crippen MR) is 84.7 cm³/mol. The van der Waals surface area contributed by atoms with Crippen molar-refractivity contribution >= 4 is 27.7 Å². The van der Waals surface area contributed by atoms with Gasteiger partial charge in [0.1, 0.15) is 11.9 Å². The van der Waals surface area contributed by atoms with E-state index in [1.165, 1.54) is 24.3 Å². The fourth-order valence-corrected chi connectivity index (χ4v) is 2.40. The van der Waals surface area contributed by atoms with Crippen LogP contribution in [0.25, 0.3) is 0 Å². The molecule has 0 bridgehead atoms. The monoisotopic (exact) mass is 364 g/mol. The normalized spacial score (nSPS) is 11.7. The summed E-state index contributed by atoms with van der Waals surface area (Å²) in [5.74, 6) is -1.54. The quantitative estimate of drug-likeness (QED) is 0.854. The second kappa shape index (κ2) is 7.17. The standard InChI is InChI=1S/C16H14BrFN2O2/c17-13-4-2-1-3-11(13)9-14(15(19)21)20-16(22)10-5-7-12(18)8-6-10/h1-8,14H,9H2,(H2,19,21)(H,20,22)/t14-/m0/s1. The van der Waals surface area contributed by atoms with Crippen LogP contribution in [-0.4, -0.2) is 17.9 Å². The van der Waals surface area contributed by atoms with E-state index in [9.17, 15) is 14.0 Å². The topological polar surface area (TPSA) is 72.2 Å². The first-order chi connectivity index (χ1) is 10.5. The highest BCUT2D eigenvalue weighted by Crippen LogP contribution is 2.17. The van der Waals surface area contributed by atoms with Gasteiger partial charge in [0.2, 0.25) is 5.91 Å². The molecule has 0 spiro atoms. The summed E-state index contributed by atoms with van der Waals surface area (Å²) in [6, 6.07) is 11.6. The first-order valence-corrected chi connectivity index (χ1v) is 7.36. The van der Waals surface area contributed by atoms with Crippen LogP contribution in [0.15, 0.2) is 53.0 Å². The number of amides is 2. The van der Waals surface area contributed by atoms with E-state index in [-0.39, 0.29) is 12.0 Å². The lowest BCUT2D eigenvalue weighted by atomic mass is 10.0. The second-order valence-electron chi connectivity index (χ2n) is 4.73. The van der Waals surface area contributed by atoms with Gasteiger partial charge in [-0.15, -0.1) is 0 Å². The Morgan fingerprint density at radius 1 is 1.14 bits per heavy atom. The number of carbonyl (C=O) groups excluding carboxylic acids is 2. The van der Waals surface area contributed by atoms with Crippen molar-refractivity contribution in [3.8, 4) is 0 Å². The molecule has 0 heterocycles. The van der Waals surface area contributed by atoms with E-state index in [2.05, 4.69) is 21.2 Å². The molecule has 4 nitrogen and oxygen atoms in total. The van der Waals surface area contributed by atoms with Gasteiger partial charge in [-0.2, -0.15) is 0 Å². The van der Waals surface area contributed by atoms with E-state index >= 15 is 0 Å². The lowest BCUT2D eigenvalue weighted by Gasteiger charge is -2.16. The summed E-state index contributed by atoms with van der Waals surface area (Å²) in [5, 5.41) is 2.57. The number of hydrogen-bond acceptors (Lipinski definition) is 2. The van der Waals surface area contributed by atoms with E-state index in [1.54, 1.807) is 0 Å². The Morgan fingerprint density at radius 2 is 1.77 bits per heavy atom. The zero-order valence-electron chi connectivity index (χ0n) is 11.6. The smallest absolute Gasteiger partial charge is 0.251 e. The molecular weight excluding hydrogens is 351 g/mol. The average Bonchev–Trinajstić information content (AvgIpc) is 2.49. The minimum Gasteiger partial charge on any atom is -0.368 e. The Hall–Kier alpha value is -2.21. The Kier molecular flexibility index (Phi) is 5.27. The number of carbonyl (C=O) groups is 2. The maximum absolute atomic E-state index is 12.9. The van der Waals surface area contributed by atoms with E-state index in [4.69, 9.17) is 5.73 Å². The van der Waals surface area contributed by atoms with Gasteiger partial charge in [0.05, 0.1) is 0 Å². The highest BCUT2D eigenvalue weighted by atomic mass is 79.9. The molecular formula is C16H14BrFN2O2. The van der Waals surface area contributed by atoms with Crippen LogP contribution in [-0.2, 0) is 11.2 Å². The highest BCUT2D eigenvalue weighted by molar-refractivity contribution is 9.10. The number of halogens is 2. The molecule has 0 aliphatic heterocycles. The minimum atomic E-state index is -0.851. The van der Waals surface area contributed by atoms with Crippen molar-refractivity contribution in [2.24, 2.45) is 5.73 Å². The fraction of sp³-hybridized carbons (Fsp3) is 0.125. The van der Waals surface area contributed by atoms with E-state index in [0.717, 1.165) is 10.0 Å². The lowest BCUT2D eigenvalue weighted by molar-refractivity contribution is -0.119. The van der Waals surface area contributed by atoms with Crippen LogP contribution < -0.4 is 11.1 Å². The number of benzene rings is 2. The number of rotatable bonds is 5. The number of nitrogens with one attached hydrogen (secondary N) is 1. The molecule has 0 aromatic heterocycles. The summed E-state index contributed by atoms with van der Waals surface area (Å²) < 4.78 is 13.7. The Morgan fingerprint density at radius 3 is 2.36 bits per heavy atom. The summed E-state index contributed by atoms with van der Waals surface area (Å²) in [5.41, 5.74) is 6.47. The molecule has 2 aromatic rings. The zero-order valence-corrected chi connectivity index (χ0v) is 13.1. The minimum absolute atomic E-state index is 0.264. The molecule has 0 saturated carbocycles. The molecule has 2 rings (SSSR count). The van der Waals surface area contributed by atoms with Crippen molar-refractivity contribution < 1.29 is 14.0 Å². The van der Waals surface area contributed by atoms with Gasteiger partial charge in [0.25, 0.3) is 5.91 Å². The SMILES string of the molecule is NC(=O)[C@H](Cc1ccccc1Br)NC(=O)c1ccc(F)cc1. The van der Waals surface area contributed by atoms with Crippen molar-refractivity contribution in [1.29, 1.82) is 0 Å². The zero-order chi connectivity index (χ0) is 16.1. The third-order valence-corrected chi connectivity index (χ3v) is 3.91. The first-order valence-electron chi connectivity index (χ1n) is 6.56. The van der Waals surface area contributed by atoms with Gasteiger partial charge in [-0.25, -0.2) is 4.39 Å². The third kappa shape index (κ3) is 4.14. The Labute approximate surface area is 135 Å². The van der Waals surface area contributed by atoms with Gasteiger partial charge >= 0.3 is 0 Å². The molecule has 0 aliphatic carbocycles. The molecule has 0 unspecified atom stereocenters. The predicted octanol–water partition coefficient (Wildman–Crippen LogP) is 2.41. The molecule has 0 fully saturated rings. The fourth-order valence-electron chi connectivity index (χ4n) is 1.95. The summed E-state index contributed by atoms with van der Waals surface area (Å²) >= 11 is 3.39. The van der Waals surface area contributed by atoms with Crippen LogP contribution >= 0.6 is 15.9 Å². The van der Waals surface area contributed by atoms with E-state index in [0.29, 0.717) is 0 Å². The number of nitrogens with two attached hydrogens (primary N) is 1. The molecule has 1 atom stereocenters. The van der Waals surface area contributed by atoms with Gasteiger partial charge in [-0.05, 0) is 35.9 Å². The molecule has 22 heavy (non-hydrogen) atoms. The highest BCUT2D eigenvalue weighted by Gasteiger charge is 2.20. The van der Waals surface area contributed by atoms with Crippen LogP contribution in [0.2, 0.25) is 0 Å². The van der Waals surface area contributed by atoms with E-state index in [1.807, 2.05) is 24.3 Å². The third-order valence-electron chi connectivity index (χ3n) is 3.14. The molecule has 0 radical (unpaired) electrons. The van der Waals surface area contributed by atoms with Crippen LogP contribution in [0.3, 0.4) is 0 Å². The van der Waals surface area contributed by atoms with Crippen LogP contribution in [0.5, 0.6) is 0 Å². The van der Waals surface area contributed by atoms with Crippen LogP contribution in [0.1, 0.15) is 15.9 Å². The Bertz CT molecular complexity index is 689. The van der Waals surface area contributed by atoms with Crippen molar-refractivity contribution in [2.45, 2.75) is 12.5 Å². The molecule has 2 amide bonds. The molecule has 2 aromatic carbocycles. The molecule has 0 saturated heterocycles. The maximum Gasteiger partial charge on any atom is 0.251 e. The van der Waals surface area contributed by atoms with Gasteiger partial charge in [-0.1, -0.05) is 34.1 Å². The van der Waals surface area contributed by atoms with Crippen molar-refractivity contribution in [3.63, 3.8) is 0 Å². The number of primary amides is 1. The molecule has 114 valence electrons. The largest absolute Gasteiger partial charge is 0.368 e. The first kappa shape index (κ1) is 16.2. The molecule has 6 heteroatoms. The maximum atomic E-state index is 12.9. The van der Waals surface area contributed by atoms with Gasteiger partial charge < -0.3 is 11.1 Å². The summed E-state index contributed by atoms with van der Waals surface area (Å²) in [6.07, 6.45) is 0.268. The van der Waals surface area contributed by atoms with Crippen LogP contribution in [0, 0.1) is 5.82 Å². The van der Waals surface area contributed by atoms with E-state index < -0.39 is 23.7 Å². The van der Waals surface area contributed by atoms with Gasteiger partial charge in [0.15, 0.2) is 0 Å². The second-order valence-corrected chi connectivity index (χ2v) is 5.59. The van der Waals surface area contributed by atoms with Gasteiger partial charge in [0, 0.05) is 16.5 Å². The summed E-state index contributed by atoms with van der Waals surface area (Å²) in [7, 11) is 0. The van der Waals surface area contributed by atoms with Crippen molar-refractivity contribution in [3.05, 3.63) is 69.9 Å². The molecule has 3 N–H and O–H groups in total. The summed E-state index contributed by atoms with van der Waals surface area (Å²) in [6.45, 7) is 0. The number of hydrogen-bond donors (Lipinski definition) is 2.